The zero-order valence-electron chi connectivity index (χ0n) is 19.1. The molecule has 0 aliphatic carbocycles. The van der Waals surface area contributed by atoms with Gasteiger partial charge in [0.15, 0.2) is 5.82 Å². The van der Waals surface area contributed by atoms with Crippen molar-refractivity contribution < 1.29 is 18.0 Å². The molecule has 0 unspecified atom stereocenters. The van der Waals surface area contributed by atoms with Gasteiger partial charge >= 0.3 is 12.2 Å². The molecule has 12 heteroatoms. The standard InChI is InChI=1S/C24H23F3N8O/c25-24(26,27)15-30-23(36)31-18-3-1-2-17(12-18)20-14-29-22-13-16(6-9-35(20)22)19-4-5-21(33-32-19)34-10-7-28-8-11-34/h1-6,9,12-14,28H,7-8,10-11,15H2,(H2,30,31,36). The van der Waals surface area contributed by atoms with Crippen molar-refractivity contribution in [2.45, 2.75) is 6.18 Å². The van der Waals surface area contributed by atoms with Crippen LogP contribution in [0.4, 0.5) is 29.5 Å². The summed E-state index contributed by atoms with van der Waals surface area (Å²) in [7, 11) is 0. The topological polar surface area (TPSA) is 99.5 Å². The van der Waals surface area contributed by atoms with Gasteiger partial charge in [0.05, 0.1) is 17.6 Å². The molecule has 0 saturated carbocycles. The normalized spacial score (nSPS) is 14.1. The van der Waals surface area contributed by atoms with Gasteiger partial charge in [0.2, 0.25) is 0 Å². The first-order chi connectivity index (χ1) is 17.4. The van der Waals surface area contributed by atoms with Crippen LogP contribution in [-0.2, 0) is 0 Å². The molecule has 1 saturated heterocycles. The molecular formula is C24H23F3N8O. The molecule has 4 heterocycles. The molecule has 9 nitrogen and oxygen atoms in total. The van der Waals surface area contributed by atoms with Crippen LogP contribution in [0.1, 0.15) is 0 Å². The fourth-order valence-electron chi connectivity index (χ4n) is 4.01. The van der Waals surface area contributed by atoms with E-state index in [0.29, 0.717) is 11.3 Å². The molecule has 0 atom stereocenters. The number of alkyl halides is 3. The third-order valence-electron chi connectivity index (χ3n) is 5.77. The van der Waals surface area contributed by atoms with Gasteiger partial charge in [-0.3, -0.25) is 4.40 Å². The number of fused-ring (bicyclic) bond motifs is 1. The van der Waals surface area contributed by atoms with E-state index in [2.05, 4.69) is 30.7 Å². The molecule has 3 aromatic heterocycles. The summed E-state index contributed by atoms with van der Waals surface area (Å²) in [6, 6.07) is 13.6. The van der Waals surface area contributed by atoms with Crippen LogP contribution in [0.3, 0.4) is 0 Å². The Kier molecular flexibility index (Phi) is 6.42. The van der Waals surface area contributed by atoms with Crippen molar-refractivity contribution in [3.8, 4) is 22.5 Å². The molecule has 1 aliphatic heterocycles. The minimum atomic E-state index is -4.48. The number of carbonyl (C=O) groups excluding carboxylic acids is 1. The number of rotatable bonds is 5. The highest BCUT2D eigenvalue weighted by molar-refractivity contribution is 5.90. The monoisotopic (exact) mass is 496 g/mol. The number of urea groups is 1. The van der Waals surface area contributed by atoms with Gasteiger partial charge in [-0.05, 0) is 36.4 Å². The minimum Gasteiger partial charge on any atom is -0.353 e. The van der Waals surface area contributed by atoms with Gasteiger partial charge in [-0.2, -0.15) is 13.2 Å². The molecular weight excluding hydrogens is 473 g/mol. The number of imidazole rings is 1. The number of nitrogens with one attached hydrogen (secondary N) is 3. The summed E-state index contributed by atoms with van der Waals surface area (Å²) in [6.07, 6.45) is -0.913. The third-order valence-corrected chi connectivity index (χ3v) is 5.77. The molecule has 1 fully saturated rings. The Morgan fingerprint density at radius 1 is 1.03 bits per heavy atom. The van der Waals surface area contributed by atoms with E-state index < -0.39 is 18.8 Å². The number of amides is 2. The maximum Gasteiger partial charge on any atom is 0.405 e. The molecule has 186 valence electrons. The average molecular weight is 496 g/mol. The largest absolute Gasteiger partial charge is 0.405 e. The van der Waals surface area contributed by atoms with E-state index in [1.807, 2.05) is 40.9 Å². The third kappa shape index (κ3) is 5.38. The number of hydrogen-bond donors (Lipinski definition) is 3. The summed E-state index contributed by atoms with van der Waals surface area (Å²) >= 11 is 0. The van der Waals surface area contributed by atoms with Gasteiger partial charge < -0.3 is 20.9 Å². The van der Waals surface area contributed by atoms with Crippen LogP contribution in [0.5, 0.6) is 0 Å². The molecule has 5 rings (SSSR count). The van der Waals surface area contributed by atoms with Crippen LogP contribution < -0.4 is 20.9 Å². The lowest BCUT2D eigenvalue weighted by atomic mass is 10.1. The first-order valence-electron chi connectivity index (χ1n) is 11.3. The molecule has 0 spiro atoms. The summed E-state index contributed by atoms with van der Waals surface area (Å²) in [5, 5.41) is 16.3. The highest BCUT2D eigenvalue weighted by Crippen LogP contribution is 2.26. The molecule has 1 aliphatic rings. The van der Waals surface area contributed by atoms with Crippen LogP contribution in [0.15, 0.2) is 60.9 Å². The second-order valence-corrected chi connectivity index (χ2v) is 8.30. The minimum absolute atomic E-state index is 0.360. The van der Waals surface area contributed by atoms with Gasteiger partial charge in [-0.15, -0.1) is 10.2 Å². The van der Waals surface area contributed by atoms with Crippen molar-refractivity contribution in [2.75, 3.05) is 42.9 Å². The number of halogens is 3. The fourth-order valence-corrected chi connectivity index (χ4v) is 4.01. The number of carbonyl (C=O) groups is 1. The molecule has 3 N–H and O–H groups in total. The second-order valence-electron chi connectivity index (χ2n) is 8.30. The Morgan fingerprint density at radius 3 is 2.61 bits per heavy atom. The van der Waals surface area contributed by atoms with Crippen LogP contribution in [-0.4, -0.2) is 64.5 Å². The Labute approximate surface area is 204 Å². The van der Waals surface area contributed by atoms with Gasteiger partial charge in [-0.1, -0.05) is 12.1 Å². The van der Waals surface area contributed by atoms with E-state index >= 15 is 0 Å². The maximum atomic E-state index is 12.3. The van der Waals surface area contributed by atoms with Gasteiger partial charge in [-0.25, -0.2) is 9.78 Å². The molecule has 0 radical (unpaired) electrons. The summed E-state index contributed by atoms with van der Waals surface area (Å²) < 4.78 is 38.8. The number of piperazine rings is 1. The number of anilines is 2. The Morgan fingerprint density at radius 2 is 1.86 bits per heavy atom. The number of pyridine rings is 1. The summed E-state index contributed by atoms with van der Waals surface area (Å²) in [6.45, 7) is 2.23. The summed E-state index contributed by atoms with van der Waals surface area (Å²) in [5.74, 6) is 0.852. The first kappa shape index (κ1) is 23.5. The number of hydrogen-bond acceptors (Lipinski definition) is 6. The Balaban J connectivity index is 1.33. The highest BCUT2D eigenvalue weighted by Gasteiger charge is 2.27. The van der Waals surface area contributed by atoms with Crippen molar-refractivity contribution in [2.24, 2.45) is 0 Å². The van der Waals surface area contributed by atoms with E-state index in [0.717, 1.165) is 54.5 Å². The molecule has 4 aromatic rings. The predicted octanol–water partition coefficient (Wildman–Crippen LogP) is 3.55. The van der Waals surface area contributed by atoms with Gasteiger partial charge in [0.25, 0.3) is 0 Å². The number of nitrogens with zero attached hydrogens (tertiary/aromatic N) is 5. The summed E-state index contributed by atoms with van der Waals surface area (Å²) in [4.78, 5) is 18.5. The molecule has 36 heavy (non-hydrogen) atoms. The lowest BCUT2D eigenvalue weighted by Gasteiger charge is -2.27. The maximum absolute atomic E-state index is 12.3. The average Bonchev–Trinajstić information content (AvgIpc) is 3.31. The lowest BCUT2D eigenvalue weighted by Crippen LogP contribution is -2.43. The van der Waals surface area contributed by atoms with Crippen LogP contribution in [0.25, 0.3) is 28.2 Å². The second kappa shape index (κ2) is 9.82. The SMILES string of the molecule is O=C(NCC(F)(F)F)Nc1cccc(-c2cnc3cc(-c4ccc(N5CCNCC5)nn4)ccn23)c1. The van der Waals surface area contributed by atoms with E-state index in [1.54, 1.807) is 29.7 Å². The van der Waals surface area contributed by atoms with Crippen molar-refractivity contribution in [3.05, 3.63) is 60.9 Å². The van der Waals surface area contributed by atoms with E-state index in [9.17, 15) is 18.0 Å². The van der Waals surface area contributed by atoms with Gasteiger partial charge in [0.1, 0.15) is 12.2 Å². The van der Waals surface area contributed by atoms with Crippen LogP contribution in [0, 0.1) is 0 Å². The smallest absolute Gasteiger partial charge is 0.353 e. The lowest BCUT2D eigenvalue weighted by molar-refractivity contribution is -0.122. The molecule has 0 bridgehead atoms. The van der Waals surface area contributed by atoms with E-state index in [1.165, 1.54) is 0 Å². The highest BCUT2D eigenvalue weighted by atomic mass is 19.4. The van der Waals surface area contributed by atoms with E-state index in [-0.39, 0.29) is 0 Å². The van der Waals surface area contributed by atoms with Crippen molar-refractivity contribution >= 4 is 23.2 Å². The summed E-state index contributed by atoms with van der Waals surface area (Å²) in [5.41, 5.74) is 4.16. The van der Waals surface area contributed by atoms with E-state index in [4.69, 9.17) is 0 Å². The zero-order valence-corrected chi connectivity index (χ0v) is 19.1. The quantitative estimate of drug-likeness (QED) is 0.391. The fraction of sp³-hybridized carbons (Fsp3) is 0.250. The van der Waals surface area contributed by atoms with Gasteiger partial charge in [0, 0.05) is 49.2 Å². The number of aromatic nitrogens is 4. The Hall–Kier alpha value is -4.19. The molecule has 1 aromatic carbocycles. The predicted molar refractivity (Wildman–Crippen MR) is 130 cm³/mol. The van der Waals surface area contributed by atoms with Crippen molar-refractivity contribution in [1.29, 1.82) is 0 Å². The molecule has 2 amide bonds. The first-order valence-corrected chi connectivity index (χ1v) is 11.3. The van der Waals surface area contributed by atoms with Crippen LogP contribution in [0.2, 0.25) is 0 Å². The van der Waals surface area contributed by atoms with Crippen LogP contribution >= 0.6 is 0 Å². The zero-order chi connectivity index (χ0) is 25.1. The van der Waals surface area contributed by atoms with Crippen molar-refractivity contribution in [1.82, 2.24) is 30.2 Å². The Bertz CT molecular complexity index is 1360. The van der Waals surface area contributed by atoms with Crippen molar-refractivity contribution in [3.63, 3.8) is 0 Å². The number of benzene rings is 1.